The Labute approximate surface area is 102 Å². The normalized spacial score (nSPS) is 12.3. The molecule has 0 heterocycles. The third-order valence-electron chi connectivity index (χ3n) is 2.20. The van der Waals surface area contributed by atoms with E-state index in [1.165, 1.54) is 0 Å². The van der Waals surface area contributed by atoms with Gasteiger partial charge in [0, 0.05) is 5.56 Å². The van der Waals surface area contributed by atoms with Crippen LogP contribution in [0.3, 0.4) is 0 Å². The number of amides is 1. The van der Waals surface area contributed by atoms with Gasteiger partial charge in [-0.3, -0.25) is 9.59 Å². The van der Waals surface area contributed by atoms with Crippen molar-refractivity contribution in [2.75, 3.05) is 0 Å². The molecule has 0 spiro atoms. The highest BCUT2D eigenvalue weighted by molar-refractivity contribution is 5.98. The van der Waals surface area contributed by atoms with Crippen LogP contribution in [-0.4, -0.2) is 12.2 Å². The van der Waals surface area contributed by atoms with E-state index >= 15 is 0 Å². The second kappa shape index (κ2) is 4.56. The molecule has 1 rings (SSSR count). The van der Waals surface area contributed by atoms with Gasteiger partial charge >= 0.3 is 12.4 Å². The summed E-state index contributed by atoms with van der Waals surface area (Å²) in [6.45, 7) is 0. The second-order valence-corrected chi connectivity index (χ2v) is 3.43. The molecule has 0 aliphatic rings. The van der Waals surface area contributed by atoms with Gasteiger partial charge in [-0.1, -0.05) is 6.07 Å². The first-order valence-corrected chi connectivity index (χ1v) is 4.56. The van der Waals surface area contributed by atoms with Crippen LogP contribution in [0.4, 0.5) is 26.3 Å². The maximum Gasteiger partial charge on any atom is 0.417 e. The molecule has 2 N–H and O–H groups in total. The summed E-state index contributed by atoms with van der Waals surface area (Å²) in [5, 5.41) is 0. The number of carbonyl (C=O) groups is 2. The highest BCUT2D eigenvalue weighted by Gasteiger charge is 2.44. The van der Waals surface area contributed by atoms with Crippen molar-refractivity contribution in [2.45, 2.75) is 12.4 Å². The molecule has 19 heavy (non-hydrogen) atoms. The number of hydrogen-bond donors (Lipinski definition) is 1. The molecule has 1 aromatic carbocycles. The fourth-order valence-electron chi connectivity index (χ4n) is 1.51. The number of hydrogen-bond acceptors (Lipinski definition) is 2. The van der Waals surface area contributed by atoms with Crippen molar-refractivity contribution in [3.05, 3.63) is 34.4 Å². The first kappa shape index (κ1) is 15.0. The SMILES string of the molecule is NC(=O)c1c(C(F)(F)F)ccc(C=O)c1C(F)(F)F. The van der Waals surface area contributed by atoms with Crippen molar-refractivity contribution < 1.29 is 35.9 Å². The smallest absolute Gasteiger partial charge is 0.366 e. The van der Waals surface area contributed by atoms with Crippen LogP contribution in [0.2, 0.25) is 0 Å². The van der Waals surface area contributed by atoms with E-state index in [2.05, 4.69) is 5.73 Å². The van der Waals surface area contributed by atoms with Gasteiger partial charge in [0.1, 0.15) is 0 Å². The van der Waals surface area contributed by atoms with Crippen LogP contribution >= 0.6 is 0 Å². The highest BCUT2D eigenvalue weighted by atomic mass is 19.4. The van der Waals surface area contributed by atoms with Crippen molar-refractivity contribution in [2.24, 2.45) is 5.73 Å². The molecular formula is C10H5F6NO2. The molecule has 3 nitrogen and oxygen atoms in total. The summed E-state index contributed by atoms with van der Waals surface area (Å²) in [7, 11) is 0. The number of nitrogens with two attached hydrogens (primary N) is 1. The monoisotopic (exact) mass is 285 g/mol. The van der Waals surface area contributed by atoms with E-state index in [1.54, 1.807) is 0 Å². The molecular weight excluding hydrogens is 280 g/mol. The first-order chi connectivity index (χ1) is 8.50. The molecule has 0 aromatic heterocycles. The Bertz CT molecular complexity index is 532. The molecule has 0 bridgehead atoms. The zero-order valence-electron chi connectivity index (χ0n) is 8.89. The average molecular weight is 285 g/mol. The first-order valence-electron chi connectivity index (χ1n) is 4.56. The van der Waals surface area contributed by atoms with E-state index < -0.39 is 40.5 Å². The standard InChI is InChI=1S/C10H5F6NO2/c11-9(12,13)5-2-1-4(3-18)7(10(14,15)16)6(5)8(17)19/h1-3H,(H2,17,19). The minimum absolute atomic E-state index is 0.207. The van der Waals surface area contributed by atoms with Crippen LogP contribution in [0.15, 0.2) is 12.1 Å². The molecule has 0 aliphatic carbocycles. The summed E-state index contributed by atoms with van der Waals surface area (Å²) in [4.78, 5) is 21.4. The third kappa shape index (κ3) is 2.85. The Morgan fingerprint density at radius 2 is 1.58 bits per heavy atom. The molecule has 0 atom stereocenters. The van der Waals surface area contributed by atoms with E-state index in [4.69, 9.17) is 0 Å². The summed E-state index contributed by atoms with van der Waals surface area (Å²) in [5.41, 5.74) is -2.09. The van der Waals surface area contributed by atoms with Crippen molar-refractivity contribution >= 4 is 12.2 Å². The molecule has 0 radical (unpaired) electrons. The van der Waals surface area contributed by atoms with Crippen LogP contribution in [0, 0.1) is 0 Å². The van der Waals surface area contributed by atoms with E-state index in [-0.39, 0.29) is 12.4 Å². The lowest BCUT2D eigenvalue weighted by atomic mass is 9.95. The third-order valence-corrected chi connectivity index (χ3v) is 2.20. The fraction of sp³-hybridized carbons (Fsp3) is 0.200. The predicted octanol–water partition coefficient (Wildman–Crippen LogP) is 2.64. The van der Waals surface area contributed by atoms with Crippen molar-refractivity contribution in [1.82, 2.24) is 0 Å². The van der Waals surface area contributed by atoms with Gasteiger partial charge < -0.3 is 5.73 Å². The largest absolute Gasteiger partial charge is 0.417 e. The van der Waals surface area contributed by atoms with E-state index in [1.807, 2.05) is 0 Å². The summed E-state index contributed by atoms with van der Waals surface area (Å²) in [6, 6.07) is 0.546. The molecule has 1 amide bonds. The van der Waals surface area contributed by atoms with Crippen molar-refractivity contribution in [3.63, 3.8) is 0 Å². The molecule has 0 saturated heterocycles. The van der Waals surface area contributed by atoms with Gasteiger partial charge in [0.15, 0.2) is 6.29 Å². The minimum Gasteiger partial charge on any atom is -0.366 e. The number of aldehydes is 1. The molecule has 9 heteroatoms. The second-order valence-electron chi connectivity index (χ2n) is 3.43. The van der Waals surface area contributed by atoms with E-state index in [0.717, 1.165) is 0 Å². The lowest BCUT2D eigenvalue weighted by molar-refractivity contribution is -0.143. The Balaban J connectivity index is 3.85. The van der Waals surface area contributed by atoms with Gasteiger partial charge in [-0.15, -0.1) is 0 Å². The average Bonchev–Trinajstić information content (AvgIpc) is 2.24. The molecule has 0 aliphatic heterocycles. The lowest BCUT2D eigenvalue weighted by Crippen LogP contribution is -2.25. The van der Waals surface area contributed by atoms with Crippen LogP contribution in [-0.2, 0) is 12.4 Å². The molecule has 104 valence electrons. The molecule has 0 unspecified atom stereocenters. The number of benzene rings is 1. The predicted molar refractivity (Wildman–Crippen MR) is 50.4 cm³/mol. The summed E-state index contributed by atoms with van der Waals surface area (Å²) >= 11 is 0. The number of halogens is 6. The Morgan fingerprint density at radius 3 is 1.89 bits per heavy atom. The number of alkyl halides is 6. The van der Waals surface area contributed by atoms with E-state index in [9.17, 15) is 35.9 Å². The summed E-state index contributed by atoms with van der Waals surface area (Å²) in [6.07, 6.45) is -10.8. The van der Waals surface area contributed by atoms with Gasteiger partial charge in [-0.05, 0) is 6.07 Å². The van der Waals surface area contributed by atoms with E-state index in [0.29, 0.717) is 6.07 Å². The Morgan fingerprint density at radius 1 is 1.05 bits per heavy atom. The van der Waals surface area contributed by atoms with Crippen LogP contribution in [0.5, 0.6) is 0 Å². The van der Waals surface area contributed by atoms with Crippen LogP contribution in [0.1, 0.15) is 31.8 Å². The van der Waals surface area contributed by atoms with Gasteiger partial charge in [0.05, 0.1) is 16.7 Å². The van der Waals surface area contributed by atoms with Gasteiger partial charge in [-0.25, -0.2) is 0 Å². The minimum atomic E-state index is -5.32. The lowest BCUT2D eigenvalue weighted by Gasteiger charge is -2.18. The van der Waals surface area contributed by atoms with Crippen LogP contribution < -0.4 is 5.73 Å². The fourth-order valence-corrected chi connectivity index (χ4v) is 1.51. The number of rotatable bonds is 2. The summed E-state index contributed by atoms with van der Waals surface area (Å²) < 4.78 is 75.7. The molecule has 1 aromatic rings. The maximum absolute atomic E-state index is 12.7. The Hall–Kier alpha value is -2.06. The quantitative estimate of drug-likeness (QED) is 0.670. The number of primary amides is 1. The highest BCUT2D eigenvalue weighted by Crippen LogP contribution is 2.40. The maximum atomic E-state index is 12.7. The zero-order valence-corrected chi connectivity index (χ0v) is 8.89. The molecule has 0 saturated carbocycles. The van der Waals surface area contributed by atoms with Crippen LogP contribution in [0.25, 0.3) is 0 Å². The Kier molecular flexibility index (Phi) is 3.60. The van der Waals surface area contributed by atoms with Crippen molar-refractivity contribution in [3.8, 4) is 0 Å². The van der Waals surface area contributed by atoms with Crippen molar-refractivity contribution in [1.29, 1.82) is 0 Å². The zero-order chi connectivity index (χ0) is 15.0. The van der Waals surface area contributed by atoms with Gasteiger partial charge in [0.2, 0.25) is 5.91 Å². The van der Waals surface area contributed by atoms with Gasteiger partial charge in [-0.2, -0.15) is 26.3 Å². The van der Waals surface area contributed by atoms with Gasteiger partial charge in [0.25, 0.3) is 0 Å². The molecule has 0 fully saturated rings. The summed E-state index contributed by atoms with van der Waals surface area (Å²) in [5.74, 6) is -1.91. The topological polar surface area (TPSA) is 60.2 Å². The number of carbonyl (C=O) groups excluding carboxylic acids is 2.